The predicted octanol–water partition coefficient (Wildman–Crippen LogP) is 3.29. The highest BCUT2D eigenvalue weighted by molar-refractivity contribution is 4.99. The lowest BCUT2D eigenvalue weighted by Crippen LogP contribution is -2.44. The maximum Gasteiger partial charge on any atom is 0.125 e. The Kier molecular flexibility index (Phi) is 4.03. The SMILES string of the molecule is CC(NC(C)(C)CC(C)(C)C)c1nccn1C. The molecule has 1 heterocycles. The molecule has 0 aliphatic rings. The predicted molar refractivity (Wildman–Crippen MR) is 72.9 cm³/mol. The Labute approximate surface area is 106 Å². The van der Waals surface area contributed by atoms with Crippen molar-refractivity contribution in [2.45, 2.75) is 59.5 Å². The van der Waals surface area contributed by atoms with E-state index >= 15 is 0 Å². The molecule has 0 saturated heterocycles. The van der Waals surface area contributed by atoms with Crippen LogP contribution in [0.5, 0.6) is 0 Å². The monoisotopic (exact) mass is 237 g/mol. The number of rotatable bonds is 4. The lowest BCUT2D eigenvalue weighted by Gasteiger charge is -2.35. The van der Waals surface area contributed by atoms with Crippen LogP contribution in [-0.4, -0.2) is 15.1 Å². The number of imidazole rings is 1. The molecule has 0 aliphatic carbocycles. The van der Waals surface area contributed by atoms with Crippen molar-refractivity contribution in [1.29, 1.82) is 0 Å². The first-order valence-corrected chi connectivity index (χ1v) is 6.36. The molecule has 0 aliphatic heterocycles. The van der Waals surface area contributed by atoms with Crippen LogP contribution in [-0.2, 0) is 7.05 Å². The van der Waals surface area contributed by atoms with Crippen molar-refractivity contribution in [1.82, 2.24) is 14.9 Å². The van der Waals surface area contributed by atoms with Crippen LogP contribution in [0.1, 0.15) is 59.8 Å². The molecule has 1 atom stereocenters. The molecule has 1 aromatic rings. The van der Waals surface area contributed by atoms with Gasteiger partial charge in [0.1, 0.15) is 5.82 Å². The molecule has 17 heavy (non-hydrogen) atoms. The van der Waals surface area contributed by atoms with Crippen molar-refractivity contribution in [2.75, 3.05) is 0 Å². The highest BCUT2D eigenvalue weighted by Gasteiger charge is 2.27. The number of nitrogens with zero attached hydrogens (tertiary/aromatic N) is 2. The third kappa shape index (κ3) is 4.50. The molecule has 0 spiro atoms. The maximum atomic E-state index is 4.40. The minimum Gasteiger partial charge on any atom is -0.337 e. The minimum atomic E-state index is 0.115. The van der Waals surface area contributed by atoms with E-state index in [0.717, 1.165) is 12.2 Å². The fraction of sp³-hybridized carbons (Fsp3) is 0.786. The summed E-state index contributed by atoms with van der Waals surface area (Å²) in [7, 11) is 2.04. The summed E-state index contributed by atoms with van der Waals surface area (Å²) in [5, 5.41) is 3.67. The Hall–Kier alpha value is -0.830. The Bertz CT molecular complexity index is 358. The van der Waals surface area contributed by atoms with Gasteiger partial charge in [-0.3, -0.25) is 0 Å². The molecular weight excluding hydrogens is 210 g/mol. The van der Waals surface area contributed by atoms with Crippen LogP contribution < -0.4 is 5.32 Å². The van der Waals surface area contributed by atoms with Crippen LogP contribution in [0.2, 0.25) is 0 Å². The minimum absolute atomic E-state index is 0.115. The van der Waals surface area contributed by atoms with E-state index in [1.807, 2.05) is 19.4 Å². The second kappa shape index (κ2) is 4.81. The first kappa shape index (κ1) is 14.2. The van der Waals surface area contributed by atoms with E-state index in [2.05, 4.69) is 56.4 Å². The summed E-state index contributed by atoms with van der Waals surface area (Å²) in [6.07, 6.45) is 4.98. The Balaban J connectivity index is 2.68. The molecule has 98 valence electrons. The summed E-state index contributed by atoms with van der Waals surface area (Å²) in [4.78, 5) is 4.40. The van der Waals surface area contributed by atoms with Gasteiger partial charge in [0.2, 0.25) is 0 Å². The molecular formula is C14H27N3. The van der Waals surface area contributed by atoms with Crippen molar-refractivity contribution in [2.24, 2.45) is 12.5 Å². The fourth-order valence-corrected chi connectivity index (χ4v) is 2.82. The molecule has 0 saturated carbocycles. The van der Waals surface area contributed by atoms with Crippen molar-refractivity contribution in [3.05, 3.63) is 18.2 Å². The van der Waals surface area contributed by atoms with Crippen LogP contribution in [0.25, 0.3) is 0 Å². The molecule has 1 aromatic heterocycles. The maximum absolute atomic E-state index is 4.40. The third-order valence-corrected chi connectivity index (χ3v) is 2.83. The lowest BCUT2D eigenvalue weighted by molar-refractivity contribution is 0.223. The van der Waals surface area contributed by atoms with Gasteiger partial charge in [-0.1, -0.05) is 20.8 Å². The number of nitrogens with one attached hydrogen (secondary N) is 1. The second-order valence-electron chi connectivity index (χ2n) is 6.88. The molecule has 0 fully saturated rings. The van der Waals surface area contributed by atoms with Crippen molar-refractivity contribution < 1.29 is 0 Å². The number of aromatic nitrogens is 2. The smallest absolute Gasteiger partial charge is 0.125 e. The van der Waals surface area contributed by atoms with Gasteiger partial charge in [-0.05, 0) is 32.6 Å². The van der Waals surface area contributed by atoms with Gasteiger partial charge in [0.05, 0.1) is 6.04 Å². The van der Waals surface area contributed by atoms with Gasteiger partial charge in [-0.15, -0.1) is 0 Å². The van der Waals surface area contributed by atoms with Gasteiger partial charge >= 0.3 is 0 Å². The van der Waals surface area contributed by atoms with E-state index in [1.54, 1.807) is 0 Å². The summed E-state index contributed by atoms with van der Waals surface area (Å²) in [6, 6.07) is 0.271. The Morgan fingerprint density at radius 3 is 2.29 bits per heavy atom. The van der Waals surface area contributed by atoms with E-state index in [1.165, 1.54) is 0 Å². The van der Waals surface area contributed by atoms with Crippen LogP contribution in [0.15, 0.2) is 12.4 Å². The largest absolute Gasteiger partial charge is 0.337 e. The zero-order chi connectivity index (χ0) is 13.3. The number of aryl methyl sites for hydroxylation is 1. The van der Waals surface area contributed by atoms with Gasteiger partial charge in [0, 0.05) is 25.0 Å². The van der Waals surface area contributed by atoms with E-state index in [4.69, 9.17) is 0 Å². The molecule has 1 N–H and O–H groups in total. The van der Waals surface area contributed by atoms with Crippen molar-refractivity contribution >= 4 is 0 Å². The van der Waals surface area contributed by atoms with Crippen molar-refractivity contribution in [3.8, 4) is 0 Å². The standard InChI is InChI=1S/C14H27N3/c1-11(12-15-8-9-17(12)7)16-14(5,6)10-13(2,3)4/h8-9,11,16H,10H2,1-7H3. The Morgan fingerprint density at radius 1 is 1.29 bits per heavy atom. The highest BCUT2D eigenvalue weighted by atomic mass is 15.1. The second-order valence-corrected chi connectivity index (χ2v) is 6.88. The molecule has 1 unspecified atom stereocenters. The first-order valence-electron chi connectivity index (χ1n) is 6.36. The van der Waals surface area contributed by atoms with Gasteiger partial charge < -0.3 is 9.88 Å². The summed E-state index contributed by atoms with van der Waals surface area (Å²) >= 11 is 0. The van der Waals surface area contributed by atoms with Crippen molar-refractivity contribution in [3.63, 3.8) is 0 Å². The molecule has 0 bridgehead atoms. The van der Waals surface area contributed by atoms with Crippen LogP contribution in [0.4, 0.5) is 0 Å². The van der Waals surface area contributed by atoms with Gasteiger partial charge in [0.25, 0.3) is 0 Å². The zero-order valence-electron chi connectivity index (χ0n) is 12.3. The van der Waals surface area contributed by atoms with Crippen LogP contribution >= 0.6 is 0 Å². The summed E-state index contributed by atoms with van der Waals surface area (Å²) in [6.45, 7) is 13.5. The zero-order valence-corrected chi connectivity index (χ0v) is 12.3. The molecule has 0 radical (unpaired) electrons. The Morgan fingerprint density at radius 2 is 1.88 bits per heavy atom. The summed E-state index contributed by atoms with van der Waals surface area (Å²) in [5.41, 5.74) is 0.446. The molecule has 0 amide bonds. The average Bonchev–Trinajstić information content (AvgIpc) is 2.44. The van der Waals surface area contributed by atoms with Gasteiger partial charge in [-0.25, -0.2) is 4.98 Å². The fourth-order valence-electron chi connectivity index (χ4n) is 2.82. The summed E-state index contributed by atoms with van der Waals surface area (Å²) in [5.74, 6) is 1.09. The lowest BCUT2D eigenvalue weighted by atomic mass is 9.81. The van der Waals surface area contributed by atoms with E-state index < -0.39 is 0 Å². The summed E-state index contributed by atoms with van der Waals surface area (Å²) < 4.78 is 2.07. The molecule has 3 nitrogen and oxygen atoms in total. The van der Waals surface area contributed by atoms with Gasteiger partial charge in [0.15, 0.2) is 0 Å². The van der Waals surface area contributed by atoms with E-state index in [-0.39, 0.29) is 11.6 Å². The highest BCUT2D eigenvalue weighted by Crippen LogP contribution is 2.28. The number of hydrogen-bond acceptors (Lipinski definition) is 2. The number of hydrogen-bond donors (Lipinski definition) is 1. The first-order chi connectivity index (χ1) is 7.61. The molecule has 0 aromatic carbocycles. The quantitative estimate of drug-likeness (QED) is 0.871. The molecule has 1 rings (SSSR count). The normalized spacial score (nSPS) is 15.0. The molecule has 3 heteroatoms. The van der Waals surface area contributed by atoms with Gasteiger partial charge in [-0.2, -0.15) is 0 Å². The third-order valence-electron chi connectivity index (χ3n) is 2.83. The average molecular weight is 237 g/mol. The van der Waals surface area contributed by atoms with Crippen LogP contribution in [0.3, 0.4) is 0 Å². The topological polar surface area (TPSA) is 29.9 Å². The van der Waals surface area contributed by atoms with E-state index in [9.17, 15) is 0 Å². The van der Waals surface area contributed by atoms with Crippen LogP contribution in [0, 0.1) is 5.41 Å². The van der Waals surface area contributed by atoms with E-state index in [0.29, 0.717) is 5.41 Å².